The number of anilines is 1. The van der Waals surface area contributed by atoms with Crippen LogP contribution in [0, 0.1) is 0 Å². The highest BCUT2D eigenvalue weighted by Crippen LogP contribution is 2.17. The number of aromatic nitrogens is 1. The van der Waals surface area contributed by atoms with Crippen LogP contribution in [0.1, 0.15) is 18.1 Å². The number of nitrogens with one attached hydrogen (secondary N) is 1. The summed E-state index contributed by atoms with van der Waals surface area (Å²) in [7, 11) is 3.78. The van der Waals surface area contributed by atoms with Gasteiger partial charge in [0, 0.05) is 51.5 Å². The van der Waals surface area contributed by atoms with Gasteiger partial charge in [0.15, 0.2) is 5.96 Å². The van der Waals surface area contributed by atoms with Crippen LogP contribution in [-0.2, 0) is 17.8 Å². The Morgan fingerprint density at radius 2 is 2.14 bits per heavy atom. The quantitative estimate of drug-likeness (QED) is 0.363. The lowest BCUT2D eigenvalue weighted by atomic mass is 10.2. The second-order valence-electron chi connectivity index (χ2n) is 7.00. The van der Waals surface area contributed by atoms with E-state index in [-0.39, 0.29) is 30.1 Å². The van der Waals surface area contributed by atoms with Gasteiger partial charge in [-0.3, -0.25) is 4.99 Å². The summed E-state index contributed by atoms with van der Waals surface area (Å²) in [5.41, 5.74) is 2.18. The van der Waals surface area contributed by atoms with Crippen LogP contribution in [0.3, 0.4) is 0 Å². The summed E-state index contributed by atoms with van der Waals surface area (Å²) in [6.45, 7) is 5.95. The third-order valence-corrected chi connectivity index (χ3v) is 5.13. The summed E-state index contributed by atoms with van der Waals surface area (Å²) in [5.74, 6) is 1.81. The van der Waals surface area contributed by atoms with Crippen molar-refractivity contribution in [2.24, 2.45) is 4.99 Å². The zero-order chi connectivity index (χ0) is 19.9. The number of pyridine rings is 1. The number of ether oxygens (including phenoxy) is 1. The number of hydrogen-bond acceptors (Lipinski definition) is 4. The van der Waals surface area contributed by atoms with Gasteiger partial charge in [0.2, 0.25) is 0 Å². The molecule has 2 heterocycles. The van der Waals surface area contributed by atoms with Gasteiger partial charge in [-0.05, 0) is 30.2 Å². The van der Waals surface area contributed by atoms with Crippen LogP contribution in [0.25, 0.3) is 0 Å². The van der Waals surface area contributed by atoms with Gasteiger partial charge in [-0.15, -0.1) is 24.0 Å². The standard InChI is InChI=1S/C21H28ClN5O.HI/c1-16-14-27(10-11-28-16)20-9-8-17(12-24-20)13-25-21(23-2)26(3)15-18-6-4-5-7-19(18)22;/h4-9,12,16H,10-11,13-15H2,1-3H3,(H,23,25);1H. The molecule has 8 heteroatoms. The largest absolute Gasteiger partial charge is 0.375 e. The number of rotatable bonds is 5. The minimum atomic E-state index is 0. The van der Waals surface area contributed by atoms with Gasteiger partial charge in [-0.1, -0.05) is 35.9 Å². The average Bonchev–Trinajstić information content (AvgIpc) is 2.71. The number of aliphatic imine (C=N–C) groups is 1. The molecule has 3 rings (SSSR count). The van der Waals surface area contributed by atoms with Crippen molar-refractivity contribution in [3.8, 4) is 0 Å². The predicted molar refractivity (Wildman–Crippen MR) is 130 cm³/mol. The van der Waals surface area contributed by atoms with E-state index in [0.29, 0.717) is 13.1 Å². The summed E-state index contributed by atoms with van der Waals surface area (Å²) >= 11 is 6.27. The number of guanidine groups is 1. The predicted octanol–water partition coefficient (Wildman–Crippen LogP) is 3.79. The fraction of sp³-hybridized carbons (Fsp3) is 0.429. The second kappa shape index (κ2) is 11.6. The Hall–Kier alpha value is -1.58. The van der Waals surface area contributed by atoms with Crippen LogP contribution in [0.2, 0.25) is 5.02 Å². The normalized spacial score (nSPS) is 16.9. The van der Waals surface area contributed by atoms with E-state index < -0.39 is 0 Å². The fourth-order valence-electron chi connectivity index (χ4n) is 3.26. The minimum Gasteiger partial charge on any atom is -0.375 e. The first-order chi connectivity index (χ1) is 13.6. The SMILES string of the molecule is CN=C(NCc1ccc(N2CCOC(C)C2)nc1)N(C)Cc1ccccc1Cl.I. The van der Waals surface area contributed by atoms with E-state index in [4.69, 9.17) is 16.3 Å². The average molecular weight is 530 g/mol. The zero-order valence-electron chi connectivity index (χ0n) is 17.1. The van der Waals surface area contributed by atoms with Gasteiger partial charge < -0.3 is 19.9 Å². The lowest BCUT2D eigenvalue weighted by Crippen LogP contribution is -2.41. The molecule has 1 aliphatic heterocycles. The molecule has 0 bridgehead atoms. The van der Waals surface area contributed by atoms with Crippen LogP contribution in [0.4, 0.5) is 5.82 Å². The molecular formula is C21H29ClIN5O. The molecule has 1 N–H and O–H groups in total. The van der Waals surface area contributed by atoms with Crippen molar-refractivity contribution in [2.75, 3.05) is 38.7 Å². The molecule has 1 atom stereocenters. The molecule has 2 aromatic rings. The van der Waals surface area contributed by atoms with Gasteiger partial charge in [0.05, 0.1) is 12.7 Å². The Morgan fingerprint density at radius 1 is 1.34 bits per heavy atom. The van der Waals surface area contributed by atoms with Crippen LogP contribution in [0.5, 0.6) is 0 Å². The van der Waals surface area contributed by atoms with E-state index in [2.05, 4.69) is 44.1 Å². The second-order valence-corrected chi connectivity index (χ2v) is 7.41. The Balaban J connectivity index is 0.00000300. The fourth-order valence-corrected chi connectivity index (χ4v) is 3.45. The number of hydrogen-bond donors (Lipinski definition) is 1. The third-order valence-electron chi connectivity index (χ3n) is 4.76. The number of benzene rings is 1. The molecular weight excluding hydrogens is 501 g/mol. The highest BCUT2D eigenvalue weighted by molar-refractivity contribution is 14.0. The zero-order valence-corrected chi connectivity index (χ0v) is 20.2. The Labute approximate surface area is 195 Å². The molecule has 1 fully saturated rings. The first-order valence-corrected chi connectivity index (χ1v) is 9.91. The topological polar surface area (TPSA) is 53.0 Å². The molecule has 6 nitrogen and oxygen atoms in total. The number of nitrogens with zero attached hydrogens (tertiary/aromatic N) is 4. The van der Waals surface area contributed by atoms with Crippen molar-refractivity contribution in [1.82, 2.24) is 15.2 Å². The smallest absolute Gasteiger partial charge is 0.193 e. The molecule has 0 spiro atoms. The van der Waals surface area contributed by atoms with Crippen molar-refractivity contribution in [1.29, 1.82) is 0 Å². The number of halogens is 2. The maximum Gasteiger partial charge on any atom is 0.193 e. The van der Waals surface area contributed by atoms with Gasteiger partial charge >= 0.3 is 0 Å². The molecule has 1 saturated heterocycles. The van der Waals surface area contributed by atoms with E-state index in [1.165, 1.54) is 0 Å². The van der Waals surface area contributed by atoms with Crippen LogP contribution < -0.4 is 10.2 Å². The van der Waals surface area contributed by atoms with Crippen molar-refractivity contribution in [3.63, 3.8) is 0 Å². The maximum absolute atomic E-state index is 6.27. The van der Waals surface area contributed by atoms with Crippen molar-refractivity contribution in [3.05, 3.63) is 58.7 Å². The molecule has 0 saturated carbocycles. The van der Waals surface area contributed by atoms with E-state index >= 15 is 0 Å². The highest BCUT2D eigenvalue weighted by atomic mass is 127. The first-order valence-electron chi connectivity index (χ1n) is 9.53. The lowest BCUT2D eigenvalue weighted by molar-refractivity contribution is 0.0529. The van der Waals surface area contributed by atoms with Gasteiger partial charge in [-0.25, -0.2) is 4.98 Å². The van der Waals surface area contributed by atoms with E-state index in [0.717, 1.165) is 47.6 Å². The summed E-state index contributed by atoms with van der Waals surface area (Å²) < 4.78 is 5.60. The van der Waals surface area contributed by atoms with E-state index in [1.807, 2.05) is 37.5 Å². The highest BCUT2D eigenvalue weighted by Gasteiger charge is 2.17. The minimum absolute atomic E-state index is 0. The molecule has 158 valence electrons. The molecule has 0 radical (unpaired) electrons. The summed E-state index contributed by atoms with van der Waals surface area (Å²) in [5, 5.41) is 4.16. The lowest BCUT2D eigenvalue weighted by Gasteiger charge is -2.32. The third kappa shape index (κ3) is 6.72. The molecule has 1 aromatic carbocycles. The first kappa shape index (κ1) is 23.7. The molecule has 29 heavy (non-hydrogen) atoms. The molecule has 1 unspecified atom stereocenters. The Morgan fingerprint density at radius 3 is 2.79 bits per heavy atom. The van der Waals surface area contributed by atoms with E-state index in [1.54, 1.807) is 7.05 Å². The number of morpholine rings is 1. The van der Waals surface area contributed by atoms with Crippen molar-refractivity contribution < 1.29 is 4.74 Å². The maximum atomic E-state index is 6.27. The van der Waals surface area contributed by atoms with Gasteiger partial charge in [-0.2, -0.15) is 0 Å². The molecule has 1 aromatic heterocycles. The monoisotopic (exact) mass is 529 g/mol. The molecule has 0 aliphatic carbocycles. The van der Waals surface area contributed by atoms with Crippen molar-refractivity contribution in [2.45, 2.75) is 26.1 Å². The van der Waals surface area contributed by atoms with E-state index in [9.17, 15) is 0 Å². The molecule has 0 amide bonds. The van der Waals surface area contributed by atoms with Crippen LogP contribution >= 0.6 is 35.6 Å². The van der Waals surface area contributed by atoms with Crippen LogP contribution in [0.15, 0.2) is 47.6 Å². The Kier molecular flexibility index (Phi) is 9.45. The Bertz CT molecular complexity index is 802. The van der Waals surface area contributed by atoms with Crippen molar-refractivity contribution >= 4 is 47.4 Å². The summed E-state index contributed by atoms with van der Waals surface area (Å²) in [4.78, 5) is 13.3. The van der Waals surface area contributed by atoms with Crippen LogP contribution in [-0.4, -0.2) is 55.7 Å². The van der Waals surface area contributed by atoms with Gasteiger partial charge in [0.25, 0.3) is 0 Å². The summed E-state index contributed by atoms with van der Waals surface area (Å²) in [6.07, 6.45) is 2.16. The van der Waals surface area contributed by atoms with Gasteiger partial charge in [0.1, 0.15) is 5.82 Å². The molecule has 1 aliphatic rings. The summed E-state index contributed by atoms with van der Waals surface area (Å²) in [6, 6.07) is 12.0.